The Bertz CT molecular complexity index is 1180. The van der Waals surface area contributed by atoms with Crippen LogP contribution in [0.1, 0.15) is 22.5 Å². The van der Waals surface area contributed by atoms with Crippen molar-refractivity contribution in [3.8, 4) is 0 Å². The molecule has 0 fully saturated rings. The Morgan fingerprint density at radius 1 is 1.11 bits per heavy atom. The molecule has 7 nitrogen and oxygen atoms in total. The largest absolute Gasteiger partial charge is 0.360 e. The molecule has 0 radical (unpaired) electrons. The molecule has 1 aromatic carbocycles. The van der Waals surface area contributed by atoms with Crippen molar-refractivity contribution in [1.29, 1.82) is 0 Å². The molecule has 8 heteroatoms. The fraction of sp³-hybridized carbons (Fsp3) is 0.263. The van der Waals surface area contributed by atoms with Gasteiger partial charge in [-0.05, 0) is 56.3 Å². The average Bonchev–Trinajstić information content (AvgIpc) is 3.19. The molecular formula is C19H19N5O2S. The van der Waals surface area contributed by atoms with Crippen molar-refractivity contribution in [2.75, 3.05) is 11.1 Å². The van der Waals surface area contributed by atoms with Gasteiger partial charge in [-0.1, -0.05) is 28.5 Å². The topological polar surface area (TPSA) is 85.3 Å². The summed E-state index contributed by atoms with van der Waals surface area (Å²) in [5.41, 5.74) is 5.29. The van der Waals surface area contributed by atoms with E-state index in [1.54, 1.807) is 13.0 Å². The number of pyridine rings is 1. The minimum absolute atomic E-state index is 0.172. The van der Waals surface area contributed by atoms with E-state index in [4.69, 9.17) is 4.52 Å². The van der Waals surface area contributed by atoms with E-state index in [0.29, 0.717) is 16.7 Å². The molecular weight excluding hydrogens is 362 g/mol. The third-order valence-corrected chi connectivity index (χ3v) is 5.21. The lowest BCUT2D eigenvalue weighted by molar-refractivity contribution is -0.113. The first kappa shape index (κ1) is 17.5. The highest BCUT2D eigenvalue weighted by Crippen LogP contribution is 2.28. The number of fused-ring (bicyclic) bond motifs is 3. The number of carbonyl (C=O) groups is 1. The van der Waals surface area contributed by atoms with Gasteiger partial charge in [-0.3, -0.25) is 9.20 Å². The zero-order chi connectivity index (χ0) is 19.1. The fourth-order valence-electron chi connectivity index (χ4n) is 3.26. The van der Waals surface area contributed by atoms with Gasteiger partial charge in [0.15, 0.2) is 16.6 Å². The second-order valence-electron chi connectivity index (χ2n) is 6.65. The van der Waals surface area contributed by atoms with Crippen LogP contribution < -0.4 is 5.32 Å². The first-order valence-corrected chi connectivity index (χ1v) is 9.52. The summed E-state index contributed by atoms with van der Waals surface area (Å²) >= 11 is 1.35. The maximum absolute atomic E-state index is 12.2. The summed E-state index contributed by atoms with van der Waals surface area (Å²) in [4.78, 5) is 12.2. The second kappa shape index (κ2) is 6.70. The van der Waals surface area contributed by atoms with Crippen LogP contribution in [0.5, 0.6) is 0 Å². The summed E-state index contributed by atoms with van der Waals surface area (Å²) in [5.74, 6) is 1.09. The van der Waals surface area contributed by atoms with E-state index in [1.807, 2.05) is 11.3 Å². The third-order valence-electron chi connectivity index (χ3n) is 4.28. The molecule has 138 valence electrons. The number of aryl methyl sites for hydroxylation is 4. The minimum atomic E-state index is -0.172. The number of anilines is 1. The third kappa shape index (κ3) is 3.28. The number of hydrogen-bond acceptors (Lipinski definition) is 6. The van der Waals surface area contributed by atoms with Gasteiger partial charge in [0.2, 0.25) is 5.91 Å². The fourth-order valence-corrected chi connectivity index (χ4v) is 4.00. The van der Waals surface area contributed by atoms with E-state index in [9.17, 15) is 4.79 Å². The summed E-state index contributed by atoms with van der Waals surface area (Å²) in [5, 5.41) is 17.0. The van der Waals surface area contributed by atoms with Gasteiger partial charge >= 0.3 is 0 Å². The molecule has 0 spiro atoms. The summed E-state index contributed by atoms with van der Waals surface area (Å²) in [6.45, 7) is 7.97. The summed E-state index contributed by atoms with van der Waals surface area (Å²) in [6, 6.07) is 8.11. The van der Waals surface area contributed by atoms with Crippen LogP contribution in [-0.4, -0.2) is 31.4 Å². The molecule has 0 aliphatic rings. The molecule has 1 amide bonds. The van der Waals surface area contributed by atoms with Gasteiger partial charge < -0.3 is 9.84 Å². The lowest BCUT2D eigenvalue weighted by Crippen LogP contribution is -2.14. The molecule has 4 rings (SSSR count). The standard InChI is InChI=1S/C19H19N5O2S/c1-10-5-11(2)17-14(6-10)7-12(3)18-21-22-19(24(17)18)27-9-16(25)20-15-8-13(4)26-23-15/h5-8H,9H2,1-4H3,(H,20,23,25). The van der Waals surface area contributed by atoms with E-state index in [0.717, 1.165) is 27.7 Å². The molecule has 0 atom stereocenters. The van der Waals surface area contributed by atoms with Crippen LogP contribution in [-0.2, 0) is 4.79 Å². The number of carbonyl (C=O) groups excluding carboxylic acids is 1. The van der Waals surface area contributed by atoms with E-state index in [1.165, 1.54) is 17.3 Å². The van der Waals surface area contributed by atoms with Crippen molar-refractivity contribution >= 4 is 40.0 Å². The van der Waals surface area contributed by atoms with Gasteiger partial charge in [0.05, 0.1) is 11.3 Å². The maximum atomic E-state index is 12.2. The molecule has 3 aromatic heterocycles. The lowest BCUT2D eigenvalue weighted by atomic mass is 10.1. The van der Waals surface area contributed by atoms with Crippen LogP contribution in [0.25, 0.3) is 16.6 Å². The zero-order valence-electron chi connectivity index (χ0n) is 15.5. The van der Waals surface area contributed by atoms with Crippen LogP contribution >= 0.6 is 11.8 Å². The van der Waals surface area contributed by atoms with Crippen molar-refractivity contribution in [1.82, 2.24) is 19.8 Å². The molecule has 3 heterocycles. The summed E-state index contributed by atoms with van der Waals surface area (Å²) in [6.07, 6.45) is 0. The number of nitrogens with one attached hydrogen (secondary N) is 1. The smallest absolute Gasteiger partial charge is 0.236 e. The van der Waals surface area contributed by atoms with E-state index >= 15 is 0 Å². The Balaban J connectivity index is 1.67. The van der Waals surface area contributed by atoms with Crippen molar-refractivity contribution in [2.24, 2.45) is 0 Å². The number of nitrogens with zero attached hydrogens (tertiary/aromatic N) is 4. The number of benzene rings is 1. The maximum Gasteiger partial charge on any atom is 0.236 e. The Kier molecular flexibility index (Phi) is 4.35. The van der Waals surface area contributed by atoms with E-state index in [2.05, 4.69) is 52.7 Å². The van der Waals surface area contributed by atoms with Gasteiger partial charge in [0.25, 0.3) is 0 Å². The molecule has 27 heavy (non-hydrogen) atoms. The SMILES string of the molecule is Cc1cc(C)c2c(c1)cc(C)c1nnc(SCC(=O)Nc3cc(C)on3)n12. The van der Waals surface area contributed by atoms with Gasteiger partial charge in [-0.25, -0.2) is 0 Å². The van der Waals surface area contributed by atoms with Gasteiger partial charge in [0.1, 0.15) is 5.76 Å². The Morgan fingerprint density at radius 2 is 1.93 bits per heavy atom. The first-order valence-electron chi connectivity index (χ1n) is 8.54. The molecule has 1 N–H and O–H groups in total. The van der Waals surface area contributed by atoms with Crippen molar-refractivity contribution in [2.45, 2.75) is 32.9 Å². The van der Waals surface area contributed by atoms with Crippen LogP contribution in [0.4, 0.5) is 5.82 Å². The highest BCUT2D eigenvalue weighted by Gasteiger charge is 2.16. The number of amides is 1. The molecule has 0 unspecified atom stereocenters. The Hall–Kier alpha value is -2.87. The van der Waals surface area contributed by atoms with Crippen molar-refractivity contribution in [3.05, 3.63) is 46.7 Å². The molecule has 0 saturated carbocycles. The van der Waals surface area contributed by atoms with Crippen LogP contribution in [0, 0.1) is 27.7 Å². The summed E-state index contributed by atoms with van der Waals surface area (Å²) < 4.78 is 7.00. The lowest BCUT2D eigenvalue weighted by Gasteiger charge is -2.10. The predicted molar refractivity (Wildman–Crippen MR) is 105 cm³/mol. The second-order valence-corrected chi connectivity index (χ2v) is 7.59. The van der Waals surface area contributed by atoms with Crippen LogP contribution in [0.2, 0.25) is 0 Å². The quantitative estimate of drug-likeness (QED) is 0.541. The van der Waals surface area contributed by atoms with Crippen molar-refractivity contribution < 1.29 is 9.32 Å². The number of rotatable bonds is 4. The van der Waals surface area contributed by atoms with Gasteiger partial charge in [0, 0.05) is 6.07 Å². The predicted octanol–water partition coefficient (Wildman–Crippen LogP) is 3.83. The van der Waals surface area contributed by atoms with Crippen LogP contribution in [0.3, 0.4) is 0 Å². The van der Waals surface area contributed by atoms with E-state index in [-0.39, 0.29) is 11.7 Å². The first-order chi connectivity index (χ1) is 12.9. The van der Waals surface area contributed by atoms with Gasteiger partial charge in [-0.2, -0.15) is 0 Å². The highest BCUT2D eigenvalue weighted by molar-refractivity contribution is 7.99. The normalized spacial score (nSPS) is 11.4. The highest BCUT2D eigenvalue weighted by atomic mass is 32.2. The summed E-state index contributed by atoms with van der Waals surface area (Å²) in [7, 11) is 0. The molecule has 0 aliphatic carbocycles. The molecule has 0 aliphatic heterocycles. The monoisotopic (exact) mass is 381 g/mol. The number of hydrogen-bond donors (Lipinski definition) is 1. The number of thioether (sulfide) groups is 1. The Labute approximate surface area is 160 Å². The minimum Gasteiger partial charge on any atom is -0.360 e. The van der Waals surface area contributed by atoms with Crippen molar-refractivity contribution in [3.63, 3.8) is 0 Å². The number of aromatic nitrogens is 4. The van der Waals surface area contributed by atoms with Crippen LogP contribution in [0.15, 0.2) is 33.9 Å². The average molecular weight is 381 g/mol. The zero-order valence-corrected chi connectivity index (χ0v) is 16.3. The van der Waals surface area contributed by atoms with E-state index < -0.39 is 0 Å². The molecule has 0 bridgehead atoms. The Morgan fingerprint density at radius 3 is 2.67 bits per heavy atom. The van der Waals surface area contributed by atoms with Gasteiger partial charge in [-0.15, -0.1) is 10.2 Å². The molecule has 0 saturated heterocycles. The molecule has 4 aromatic rings.